The van der Waals surface area contributed by atoms with Crippen molar-refractivity contribution in [3.8, 4) is 0 Å². The molecule has 2 aromatic rings. The number of H-pyrrole nitrogens is 1. The molecule has 1 aromatic heterocycles. The van der Waals surface area contributed by atoms with Crippen LogP contribution in [0.2, 0.25) is 0 Å². The second-order valence-electron chi connectivity index (χ2n) is 3.26. The molecule has 0 saturated heterocycles. The molecule has 1 heterocycles. The van der Waals surface area contributed by atoms with Gasteiger partial charge in [-0.25, -0.2) is 4.79 Å². The number of aromatic carboxylic acids is 1. The molecule has 3 nitrogen and oxygen atoms in total. The zero-order chi connectivity index (χ0) is 12.1. The number of nitrogens with one attached hydrogen (secondary N) is 1. The molecule has 86 valence electrons. The van der Waals surface area contributed by atoms with E-state index in [9.17, 15) is 4.79 Å². The Kier molecular flexibility index (Phi) is 4.11. The predicted molar refractivity (Wildman–Crippen MR) is 66.0 cm³/mol. The number of aromatic amines is 1. The maximum absolute atomic E-state index is 10.7. The van der Waals surface area contributed by atoms with Crippen LogP contribution >= 0.6 is 0 Å². The first-order valence-electron chi connectivity index (χ1n) is 5.55. The molecule has 0 saturated carbocycles. The lowest BCUT2D eigenvalue weighted by Gasteiger charge is -1.93. The Morgan fingerprint density at radius 3 is 2.56 bits per heavy atom. The topological polar surface area (TPSA) is 53.1 Å². The van der Waals surface area contributed by atoms with Gasteiger partial charge in [0.1, 0.15) is 0 Å². The van der Waals surface area contributed by atoms with Gasteiger partial charge in [0.15, 0.2) is 0 Å². The molecule has 0 bridgehead atoms. The van der Waals surface area contributed by atoms with Gasteiger partial charge in [-0.05, 0) is 30.7 Å². The van der Waals surface area contributed by atoms with Crippen molar-refractivity contribution in [1.82, 2.24) is 4.98 Å². The van der Waals surface area contributed by atoms with Gasteiger partial charge in [0, 0.05) is 16.6 Å². The van der Waals surface area contributed by atoms with Gasteiger partial charge in [0.05, 0.1) is 5.56 Å². The molecular weight excluding hydrogens is 202 g/mol. The normalized spacial score (nSPS) is 9.69. The van der Waals surface area contributed by atoms with Crippen molar-refractivity contribution in [2.75, 3.05) is 0 Å². The number of carboxylic acids is 1. The minimum atomic E-state index is -0.883. The molecule has 16 heavy (non-hydrogen) atoms. The van der Waals surface area contributed by atoms with Crippen LogP contribution in [0.3, 0.4) is 0 Å². The van der Waals surface area contributed by atoms with Gasteiger partial charge in [-0.3, -0.25) is 0 Å². The summed E-state index contributed by atoms with van der Waals surface area (Å²) in [5.41, 5.74) is 2.45. The van der Waals surface area contributed by atoms with Gasteiger partial charge in [-0.15, -0.1) is 0 Å². The van der Waals surface area contributed by atoms with Crippen molar-refractivity contribution in [3.05, 3.63) is 35.5 Å². The average molecular weight is 219 g/mol. The molecule has 1 aromatic carbocycles. The Labute approximate surface area is 95.1 Å². The highest BCUT2D eigenvalue weighted by atomic mass is 16.4. The fraction of sp³-hybridized carbons (Fsp3) is 0.308. The first-order valence-corrected chi connectivity index (χ1v) is 5.55. The SMILES string of the molecule is CC.CCc1cc2cc(C(=O)O)ccc2[nH]1. The molecule has 0 fully saturated rings. The van der Waals surface area contributed by atoms with E-state index in [4.69, 9.17) is 5.11 Å². The number of benzene rings is 1. The van der Waals surface area contributed by atoms with Crippen LogP contribution in [0, 0.1) is 0 Å². The standard InChI is InChI=1S/C11H11NO2.C2H6/c1-2-9-6-8-5-7(11(13)14)3-4-10(8)12-9;1-2/h3-6,12H,2H2,1H3,(H,13,14);1-2H3. The Balaban J connectivity index is 0.000000606. The number of fused-ring (bicyclic) bond motifs is 1. The van der Waals surface area contributed by atoms with E-state index < -0.39 is 5.97 Å². The Morgan fingerprint density at radius 2 is 2.00 bits per heavy atom. The molecule has 0 aliphatic carbocycles. The van der Waals surface area contributed by atoms with Crippen LogP contribution in [0.5, 0.6) is 0 Å². The van der Waals surface area contributed by atoms with E-state index in [2.05, 4.69) is 11.9 Å². The third-order valence-electron chi connectivity index (χ3n) is 2.30. The summed E-state index contributed by atoms with van der Waals surface area (Å²) in [6.45, 7) is 6.06. The van der Waals surface area contributed by atoms with Gasteiger partial charge in [0.2, 0.25) is 0 Å². The van der Waals surface area contributed by atoms with Crippen molar-refractivity contribution in [2.24, 2.45) is 0 Å². The smallest absolute Gasteiger partial charge is 0.335 e. The number of rotatable bonds is 2. The minimum Gasteiger partial charge on any atom is -0.478 e. The Morgan fingerprint density at radius 1 is 1.31 bits per heavy atom. The van der Waals surface area contributed by atoms with E-state index in [1.807, 2.05) is 19.9 Å². The van der Waals surface area contributed by atoms with Crippen LogP contribution in [-0.2, 0) is 6.42 Å². The maximum atomic E-state index is 10.7. The highest BCUT2D eigenvalue weighted by Crippen LogP contribution is 2.17. The Bertz CT molecular complexity index is 486. The lowest BCUT2D eigenvalue weighted by Crippen LogP contribution is -1.94. The lowest BCUT2D eigenvalue weighted by atomic mass is 10.1. The van der Waals surface area contributed by atoms with Crippen molar-refractivity contribution in [2.45, 2.75) is 27.2 Å². The summed E-state index contributed by atoms with van der Waals surface area (Å²) in [4.78, 5) is 13.9. The van der Waals surface area contributed by atoms with Crippen LogP contribution in [0.25, 0.3) is 10.9 Å². The summed E-state index contributed by atoms with van der Waals surface area (Å²) in [5, 5.41) is 9.76. The second kappa shape index (κ2) is 5.35. The molecule has 0 unspecified atom stereocenters. The molecular formula is C13H17NO2. The maximum Gasteiger partial charge on any atom is 0.335 e. The molecule has 0 aliphatic rings. The van der Waals surface area contributed by atoms with Crippen molar-refractivity contribution in [1.29, 1.82) is 0 Å². The van der Waals surface area contributed by atoms with E-state index >= 15 is 0 Å². The molecule has 0 amide bonds. The number of hydrogen-bond acceptors (Lipinski definition) is 1. The largest absolute Gasteiger partial charge is 0.478 e. The number of carboxylic acid groups (broad SMARTS) is 1. The number of hydrogen-bond donors (Lipinski definition) is 2. The summed E-state index contributed by atoms with van der Waals surface area (Å²) < 4.78 is 0. The van der Waals surface area contributed by atoms with E-state index in [0.29, 0.717) is 5.56 Å². The fourth-order valence-corrected chi connectivity index (χ4v) is 1.52. The van der Waals surface area contributed by atoms with Crippen LogP contribution in [0.15, 0.2) is 24.3 Å². The van der Waals surface area contributed by atoms with E-state index in [0.717, 1.165) is 23.0 Å². The predicted octanol–water partition coefficient (Wildman–Crippen LogP) is 3.45. The quantitative estimate of drug-likeness (QED) is 0.812. The van der Waals surface area contributed by atoms with Crippen molar-refractivity contribution in [3.63, 3.8) is 0 Å². The zero-order valence-corrected chi connectivity index (χ0v) is 9.87. The van der Waals surface area contributed by atoms with Gasteiger partial charge in [-0.1, -0.05) is 20.8 Å². The van der Waals surface area contributed by atoms with E-state index in [1.54, 1.807) is 18.2 Å². The zero-order valence-electron chi connectivity index (χ0n) is 9.87. The molecule has 2 N–H and O–H groups in total. The fourth-order valence-electron chi connectivity index (χ4n) is 1.52. The van der Waals surface area contributed by atoms with Gasteiger partial charge < -0.3 is 10.1 Å². The molecule has 0 spiro atoms. The first kappa shape index (κ1) is 12.3. The summed E-state index contributed by atoms with van der Waals surface area (Å²) >= 11 is 0. The van der Waals surface area contributed by atoms with Crippen molar-refractivity contribution >= 4 is 16.9 Å². The van der Waals surface area contributed by atoms with Gasteiger partial charge >= 0.3 is 5.97 Å². The number of aromatic nitrogens is 1. The lowest BCUT2D eigenvalue weighted by molar-refractivity contribution is 0.0697. The third-order valence-corrected chi connectivity index (χ3v) is 2.30. The van der Waals surface area contributed by atoms with Crippen molar-refractivity contribution < 1.29 is 9.90 Å². The van der Waals surface area contributed by atoms with Crippen LogP contribution < -0.4 is 0 Å². The number of aryl methyl sites for hydroxylation is 1. The third kappa shape index (κ3) is 2.42. The summed E-state index contributed by atoms with van der Waals surface area (Å²) in [6.07, 6.45) is 0.928. The van der Waals surface area contributed by atoms with Crippen LogP contribution in [-0.4, -0.2) is 16.1 Å². The summed E-state index contributed by atoms with van der Waals surface area (Å²) in [5.74, 6) is -0.883. The molecule has 0 aliphatic heterocycles. The first-order chi connectivity index (χ1) is 7.70. The summed E-state index contributed by atoms with van der Waals surface area (Å²) in [6, 6.07) is 7.09. The van der Waals surface area contributed by atoms with E-state index in [1.165, 1.54) is 0 Å². The molecule has 0 atom stereocenters. The molecule has 2 rings (SSSR count). The molecule has 3 heteroatoms. The second-order valence-corrected chi connectivity index (χ2v) is 3.26. The summed E-state index contributed by atoms with van der Waals surface area (Å²) in [7, 11) is 0. The molecule has 0 radical (unpaired) electrons. The van der Waals surface area contributed by atoms with Crippen LogP contribution in [0.1, 0.15) is 36.8 Å². The highest BCUT2D eigenvalue weighted by molar-refractivity contribution is 5.93. The van der Waals surface area contributed by atoms with Gasteiger partial charge in [-0.2, -0.15) is 0 Å². The highest BCUT2D eigenvalue weighted by Gasteiger charge is 2.05. The van der Waals surface area contributed by atoms with Crippen LogP contribution in [0.4, 0.5) is 0 Å². The monoisotopic (exact) mass is 219 g/mol. The minimum absolute atomic E-state index is 0.333. The average Bonchev–Trinajstić information content (AvgIpc) is 2.73. The Hall–Kier alpha value is -1.77. The number of carbonyl (C=O) groups is 1. The van der Waals surface area contributed by atoms with Gasteiger partial charge in [0.25, 0.3) is 0 Å². The van der Waals surface area contributed by atoms with E-state index in [-0.39, 0.29) is 0 Å².